The lowest BCUT2D eigenvalue weighted by molar-refractivity contribution is 0.304. The summed E-state index contributed by atoms with van der Waals surface area (Å²) in [5.41, 5.74) is 0.829. The number of hydrogen-bond acceptors (Lipinski definition) is 3. The van der Waals surface area contributed by atoms with Gasteiger partial charge in [-0.3, -0.25) is 0 Å². The first kappa shape index (κ1) is 13.0. The van der Waals surface area contributed by atoms with Gasteiger partial charge >= 0.3 is 0 Å². The Hall–Kier alpha value is -1.03. The highest BCUT2D eigenvalue weighted by atomic mass is 79.9. The highest BCUT2D eigenvalue weighted by Crippen LogP contribution is 2.25. The highest BCUT2D eigenvalue weighted by molar-refractivity contribution is 9.10. The quantitative estimate of drug-likeness (QED) is 0.374. The fraction of sp³-hybridized carbons (Fsp3) is 0.417. The molecular weight excluding hydrogens is 270 g/mol. The van der Waals surface area contributed by atoms with Crippen molar-refractivity contribution >= 4 is 22.1 Å². The summed E-state index contributed by atoms with van der Waals surface area (Å²) in [5.74, 6) is 0.825. The predicted octanol–water partition coefficient (Wildman–Crippen LogP) is 3.83. The molecule has 1 N–H and O–H groups in total. The van der Waals surface area contributed by atoms with E-state index in [0.717, 1.165) is 28.8 Å². The van der Waals surface area contributed by atoms with Crippen LogP contribution < -0.4 is 4.74 Å². The average molecular weight is 286 g/mol. The number of oxime groups is 1. The van der Waals surface area contributed by atoms with E-state index in [-0.39, 0.29) is 0 Å². The van der Waals surface area contributed by atoms with Gasteiger partial charge in [0.2, 0.25) is 0 Å². The van der Waals surface area contributed by atoms with Crippen molar-refractivity contribution in [1.29, 1.82) is 0 Å². The Kier molecular flexibility index (Phi) is 5.93. The molecule has 0 radical (unpaired) electrons. The van der Waals surface area contributed by atoms with Crippen LogP contribution in [0.25, 0.3) is 0 Å². The van der Waals surface area contributed by atoms with Gasteiger partial charge in [-0.25, -0.2) is 0 Å². The smallest absolute Gasteiger partial charge is 0.133 e. The first-order chi connectivity index (χ1) is 7.77. The number of ether oxygens (including phenoxy) is 1. The molecule has 0 aliphatic heterocycles. The van der Waals surface area contributed by atoms with Crippen molar-refractivity contribution in [1.82, 2.24) is 0 Å². The Morgan fingerprint density at radius 1 is 1.44 bits per heavy atom. The first-order valence-electron chi connectivity index (χ1n) is 5.37. The lowest BCUT2D eigenvalue weighted by Crippen LogP contribution is -1.98. The van der Waals surface area contributed by atoms with E-state index in [1.165, 1.54) is 19.1 Å². The van der Waals surface area contributed by atoms with Crippen LogP contribution in [0.1, 0.15) is 31.7 Å². The Morgan fingerprint density at radius 2 is 2.25 bits per heavy atom. The molecule has 16 heavy (non-hydrogen) atoms. The van der Waals surface area contributed by atoms with Crippen molar-refractivity contribution in [2.75, 3.05) is 6.61 Å². The molecule has 0 fully saturated rings. The standard InChI is InChI=1S/C12H16BrNO2/c1-2-3-4-7-16-12-6-5-10(9-14-15)8-11(12)13/h5-6,8-9,15H,2-4,7H2,1H3. The molecule has 0 unspecified atom stereocenters. The van der Waals surface area contributed by atoms with E-state index < -0.39 is 0 Å². The fourth-order valence-electron chi connectivity index (χ4n) is 1.32. The van der Waals surface area contributed by atoms with Gasteiger partial charge in [0, 0.05) is 0 Å². The number of nitrogens with zero attached hydrogens (tertiary/aromatic N) is 1. The predicted molar refractivity (Wildman–Crippen MR) is 68.5 cm³/mol. The van der Waals surface area contributed by atoms with Crippen LogP contribution in [0.3, 0.4) is 0 Å². The minimum absolute atomic E-state index is 0.736. The molecule has 1 aromatic carbocycles. The fourth-order valence-corrected chi connectivity index (χ4v) is 1.83. The number of unbranched alkanes of at least 4 members (excludes halogenated alkanes) is 2. The second-order valence-electron chi connectivity index (χ2n) is 3.49. The molecule has 0 heterocycles. The second kappa shape index (κ2) is 7.28. The Bertz CT molecular complexity index is 353. The molecular formula is C12H16BrNO2. The summed E-state index contributed by atoms with van der Waals surface area (Å²) < 4.78 is 6.49. The minimum atomic E-state index is 0.736. The van der Waals surface area contributed by atoms with Crippen LogP contribution >= 0.6 is 15.9 Å². The maximum Gasteiger partial charge on any atom is 0.133 e. The molecule has 88 valence electrons. The van der Waals surface area contributed by atoms with E-state index in [1.807, 2.05) is 18.2 Å². The van der Waals surface area contributed by atoms with Gasteiger partial charge in [0.25, 0.3) is 0 Å². The summed E-state index contributed by atoms with van der Waals surface area (Å²) in [6.45, 7) is 2.90. The van der Waals surface area contributed by atoms with Gasteiger partial charge in [0.1, 0.15) is 5.75 Å². The molecule has 0 aliphatic carbocycles. The summed E-state index contributed by atoms with van der Waals surface area (Å²) in [7, 11) is 0. The molecule has 0 aliphatic rings. The Labute approximate surface area is 104 Å². The van der Waals surface area contributed by atoms with Crippen LogP contribution in [0.5, 0.6) is 5.75 Å². The molecule has 1 rings (SSSR count). The topological polar surface area (TPSA) is 41.8 Å². The third kappa shape index (κ3) is 4.23. The van der Waals surface area contributed by atoms with Gasteiger partial charge in [-0.2, -0.15) is 0 Å². The Balaban J connectivity index is 2.54. The van der Waals surface area contributed by atoms with Crippen molar-refractivity contribution in [3.63, 3.8) is 0 Å². The second-order valence-corrected chi connectivity index (χ2v) is 4.34. The SMILES string of the molecule is CCCCCOc1ccc(C=NO)cc1Br. The highest BCUT2D eigenvalue weighted by Gasteiger charge is 2.01. The maximum atomic E-state index is 8.40. The number of benzene rings is 1. The minimum Gasteiger partial charge on any atom is -0.492 e. The first-order valence-corrected chi connectivity index (χ1v) is 6.17. The largest absolute Gasteiger partial charge is 0.492 e. The van der Waals surface area contributed by atoms with Crippen molar-refractivity contribution < 1.29 is 9.94 Å². The molecule has 4 heteroatoms. The molecule has 0 amide bonds. The third-order valence-electron chi connectivity index (χ3n) is 2.17. The van der Waals surface area contributed by atoms with Crippen LogP contribution in [-0.2, 0) is 0 Å². The molecule has 0 bridgehead atoms. The van der Waals surface area contributed by atoms with Gasteiger partial charge in [-0.05, 0) is 46.1 Å². The van der Waals surface area contributed by atoms with Crippen LogP contribution in [0.2, 0.25) is 0 Å². The molecule has 3 nitrogen and oxygen atoms in total. The number of rotatable bonds is 6. The molecule has 1 aromatic rings. The Morgan fingerprint density at radius 3 is 2.88 bits per heavy atom. The summed E-state index contributed by atoms with van der Waals surface area (Å²) >= 11 is 3.42. The van der Waals surface area contributed by atoms with Crippen LogP contribution in [0.4, 0.5) is 0 Å². The van der Waals surface area contributed by atoms with Crippen molar-refractivity contribution in [2.24, 2.45) is 5.16 Å². The van der Waals surface area contributed by atoms with Crippen molar-refractivity contribution in [3.8, 4) is 5.75 Å². The third-order valence-corrected chi connectivity index (χ3v) is 2.79. The van der Waals surface area contributed by atoms with E-state index in [0.29, 0.717) is 0 Å². The van der Waals surface area contributed by atoms with E-state index in [9.17, 15) is 0 Å². The average Bonchev–Trinajstić information content (AvgIpc) is 2.27. The summed E-state index contributed by atoms with van der Waals surface area (Å²) in [5, 5.41) is 11.4. The van der Waals surface area contributed by atoms with E-state index in [1.54, 1.807) is 0 Å². The van der Waals surface area contributed by atoms with Crippen LogP contribution in [-0.4, -0.2) is 18.0 Å². The van der Waals surface area contributed by atoms with Gasteiger partial charge in [-0.15, -0.1) is 0 Å². The zero-order chi connectivity index (χ0) is 11.8. The van der Waals surface area contributed by atoms with E-state index in [4.69, 9.17) is 9.94 Å². The van der Waals surface area contributed by atoms with Gasteiger partial charge < -0.3 is 9.94 Å². The molecule has 0 saturated heterocycles. The molecule has 0 atom stereocenters. The zero-order valence-electron chi connectivity index (χ0n) is 9.32. The summed E-state index contributed by atoms with van der Waals surface area (Å²) in [6, 6.07) is 5.57. The van der Waals surface area contributed by atoms with Crippen molar-refractivity contribution in [2.45, 2.75) is 26.2 Å². The van der Waals surface area contributed by atoms with Gasteiger partial charge in [0.15, 0.2) is 0 Å². The number of halogens is 1. The lowest BCUT2D eigenvalue weighted by atomic mass is 10.2. The molecule has 0 saturated carbocycles. The van der Waals surface area contributed by atoms with Gasteiger partial charge in [0.05, 0.1) is 17.3 Å². The van der Waals surface area contributed by atoms with Crippen LogP contribution in [0.15, 0.2) is 27.8 Å². The normalized spacial score (nSPS) is 10.9. The van der Waals surface area contributed by atoms with E-state index >= 15 is 0 Å². The number of hydrogen-bond donors (Lipinski definition) is 1. The zero-order valence-corrected chi connectivity index (χ0v) is 10.9. The lowest BCUT2D eigenvalue weighted by Gasteiger charge is -2.08. The van der Waals surface area contributed by atoms with Gasteiger partial charge in [-0.1, -0.05) is 24.9 Å². The molecule has 0 spiro atoms. The van der Waals surface area contributed by atoms with Crippen molar-refractivity contribution in [3.05, 3.63) is 28.2 Å². The molecule has 0 aromatic heterocycles. The summed E-state index contributed by atoms with van der Waals surface area (Å²) in [6.07, 6.45) is 4.83. The monoisotopic (exact) mass is 285 g/mol. The summed E-state index contributed by atoms with van der Waals surface area (Å²) in [4.78, 5) is 0. The maximum absolute atomic E-state index is 8.40. The van der Waals surface area contributed by atoms with Crippen LogP contribution in [0, 0.1) is 0 Å². The van der Waals surface area contributed by atoms with E-state index in [2.05, 4.69) is 28.0 Å².